The average Bonchev–Trinajstić information content (AvgIpc) is 2.57. The van der Waals surface area contributed by atoms with E-state index in [0.717, 1.165) is 37.2 Å². The molecule has 0 saturated heterocycles. The van der Waals surface area contributed by atoms with Crippen LogP contribution in [0.2, 0.25) is 0 Å². The van der Waals surface area contributed by atoms with Crippen LogP contribution in [-0.2, 0) is 6.18 Å². The van der Waals surface area contributed by atoms with Gasteiger partial charge in [0.25, 0.3) is 5.91 Å². The number of nitrogens with one attached hydrogen (secondary N) is 3. The van der Waals surface area contributed by atoms with Gasteiger partial charge in [0.1, 0.15) is 0 Å². The lowest BCUT2D eigenvalue weighted by molar-refractivity contribution is -0.137. The molecule has 0 aliphatic heterocycles. The first-order chi connectivity index (χ1) is 11.8. The third-order valence-corrected chi connectivity index (χ3v) is 3.48. The van der Waals surface area contributed by atoms with Crippen LogP contribution in [0.25, 0.3) is 0 Å². The Kier molecular flexibility index (Phi) is 11.3. The minimum absolute atomic E-state index is 0. The molecule has 0 radical (unpaired) electrons. The lowest BCUT2D eigenvalue weighted by atomic mass is 10.1. The Morgan fingerprint density at radius 1 is 1.15 bits per heavy atom. The number of hydrogen-bond donors (Lipinski definition) is 3. The summed E-state index contributed by atoms with van der Waals surface area (Å²) in [5.41, 5.74) is -0.596. The highest BCUT2D eigenvalue weighted by molar-refractivity contribution is 14.0. The van der Waals surface area contributed by atoms with E-state index in [1.165, 1.54) is 0 Å². The second-order valence-electron chi connectivity index (χ2n) is 5.55. The van der Waals surface area contributed by atoms with Crippen molar-refractivity contribution in [3.63, 3.8) is 0 Å². The maximum atomic E-state index is 12.5. The summed E-state index contributed by atoms with van der Waals surface area (Å²) < 4.78 is 37.5. The lowest BCUT2D eigenvalue weighted by Gasteiger charge is -2.16. The Morgan fingerprint density at radius 2 is 1.77 bits per heavy atom. The normalized spacial score (nSPS) is 12.8. The minimum Gasteiger partial charge on any atom is -0.357 e. The number of alkyl halides is 3. The van der Waals surface area contributed by atoms with Crippen molar-refractivity contribution in [1.82, 2.24) is 16.0 Å². The molecule has 0 heterocycles. The molecule has 1 aromatic carbocycles. The number of guanidine groups is 1. The minimum atomic E-state index is -4.41. The van der Waals surface area contributed by atoms with Gasteiger partial charge in [0.2, 0.25) is 0 Å². The molecule has 0 aliphatic rings. The molecule has 1 unspecified atom stereocenters. The molecule has 5 nitrogen and oxygen atoms in total. The molecule has 1 amide bonds. The zero-order valence-corrected chi connectivity index (χ0v) is 17.4. The Bertz CT molecular complexity index is 576. The van der Waals surface area contributed by atoms with Gasteiger partial charge in [-0.25, -0.2) is 0 Å². The Morgan fingerprint density at radius 3 is 2.27 bits per heavy atom. The van der Waals surface area contributed by atoms with Crippen molar-refractivity contribution >= 4 is 35.8 Å². The van der Waals surface area contributed by atoms with Crippen molar-refractivity contribution in [2.24, 2.45) is 4.99 Å². The third-order valence-electron chi connectivity index (χ3n) is 3.48. The molecular weight excluding hydrogens is 460 g/mol. The molecule has 0 fully saturated rings. The molecule has 1 atom stereocenters. The highest BCUT2D eigenvalue weighted by atomic mass is 127. The smallest absolute Gasteiger partial charge is 0.357 e. The zero-order valence-electron chi connectivity index (χ0n) is 15.1. The second-order valence-corrected chi connectivity index (χ2v) is 5.55. The van der Waals surface area contributed by atoms with E-state index in [4.69, 9.17) is 0 Å². The van der Waals surface area contributed by atoms with Crippen molar-refractivity contribution in [3.05, 3.63) is 35.4 Å². The Labute approximate surface area is 169 Å². The molecule has 3 N–H and O–H groups in total. The van der Waals surface area contributed by atoms with Crippen LogP contribution in [0.5, 0.6) is 0 Å². The zero-order chi connectivity index (χ0) is 18.9. The second kappa shape index (κ2) is 12.0. The van der Waals surface area contributed by atoms with E-state index < -0.39 is 17.6 Å². The summed E-state index contributed by atoms with van der Waals surface area (Å²) in [5.74, 6) is 0.240. The van der Waals surface area contributed by atoms with Crippen LogP contribution in [-0.4, -0.2) is 37.5 Å². The summed E-state index contributed by atoms with van der Waals surface area (Å²) in [6.45, 7) is 7.43. The number of rotatable bonds is 7. The average molecular weight is 486 g/mol. The number of halogens is 4. The van der Waals surface area contributed by atoms with E-state index >= 15 is 0 Å². The van der Waals surface area contributed by atoms with Crippen LogP contribution >= 0.6 is 24.0 Å². The number of amides is 1. The van der Waals surface area contributed by atoms with Gasteiger partial charge >= 0.3 is 6.18 Å². The summed E-state index contributed by atoms with van der Waals surface area (Å²) in [6, 6.07) is 4.39. The Hall–Kier alpha value is -1.52. The molecule has 26 heavy (non-hydrogen) atoms. The van der Waals surface area contributed by atoms with Crippen molar-refractivity contribution in [1.29, 1.82) is 0 Å². The summed E-state index contributed by atoms with van der Waals surface area (Å²) >= 11 is 0. The summed E-state index contributed by atoms with van der Waals surface area (Å²) in [5, 5.41) is 8.97. The largest absolute Gasteiger partial charge is 0.416 e. The van der Waals surface area contributed by atoms with Crippen LogP contribution in [0.1, 0.15) is 43.1 Å². The molecule has 0 spiro atoms. The SMILES string of the molecule is CCNC(=NCCNC(=O)c1ccc(C(F)(F)F)cc1)NC(C)CC.I. The first-order valence-electron chi connectivity index (χ1n) is 8.28. The van der Waals surface area contributed by atoms with Crippen LogP contribution < -0.4 is 16.0 Å². The standard InChI is InChI=1S/C17H25F3N4O.HI/c1-4-12(3)24-16(21-5-2)23-11-10-22-15(25)13-6-8-14(9-7-13)17(18,19)20;/h6-9,12H,4-5,10-11H2,1-3H3,(H,22,25)(H2,21,23,24);1H. The number of carbonyl (C=O) groups is 1. The van der Waals surface area contributed by atoms with E-state index in [1.54, 1.807) is 0 Å². The molecule has 1 rings (SSSR count). The van der Waals surface area contributed by atoms with Gasteiger partial charge in [-0.05, 0) is 44.5 Å². The van der Waals surface area contributed by atoms with Crippen LogP contribution in [0.3, 0.4) is 0 Å². The maximum Gasteiger partial charge on any atom is 0.416 e. The fourth-order valence-electron chi connectivity index (χ4n) is 1.91. The van der Waals surface area contributed by atoms with Gasteiger partial charge in [-0.3, -0.25) is 9.79 Å². The topological polar surface area (TPSA) is 65.5 Å². The van der Waals surface area contributed by atoms with Gasteiger partial charge < -0.3 is 16.0 Å². The number of benzene rings is 1. The van der Waals surface area contributed by atoms with Crippen molar-refractivity contribution < 1.29 is 18.0 Å². The Balaban J connectivity index is 0.00000625. The predicted molar refractivity (Wildman–Crippen MR) is 108 cm³/mol. The van der Waals surface area contributed by atoms with E-state index in [1.807, 2.05) is 13.8 Å². The summed E-state index contributed by atoms with van der Waals surface area (Å²) in [6.07, 6.45) is -3.45. The van der Waals surface area contributed by atoms with Crippen LogP contribution in [0.4, 0.5) is 13.2 Å². The monoisotopic (exact) mass is 486 g/mol. The number of nitrogens with zero attached hydrogens (tertiary/aromatic N) is 1. The van der Waals surface area contributed by atoms with E-state index in [0.29, 0.717) is 12.5 Å². The van der Waals surface area contributed by atoms with Gasteiger partial charge in [-0.2, -0.15) is 13.2 Å². The number of hydrogen-bond acceptors (Lipinski definition) is 2. The van der Waals surface area contributed by atoms with E-state index in [2.05, 4.69) is 27.9 Å². The first-order valence-corrected chi connectivity index (χ1v) is 8.28. The molecule has 0 aliphatic carbocycles. The predicted octanol–water partition coefficient (Wildman–Crippen LogP) is 3.41. The number of carbonyl (C=O) groups excluding carboxylic acids is 1. The maximum absolute atomic E-state index is 12.5. The van der Waals surface area contributed by atoms with Gasteiger partial charge in [-0.1, -0.05) is 6.92 Å². The van der Waals surface area contributed by atoms with Crippen LogP contribution in [0, 0.1) is 0 Å². The van der Waals surface area contributed by atoms with Gasteiger partial charge in [0, 0.05) is 24.7 Å². The molecular formula is C17H26F3IN4O. The molecule has 1 aromatic rings. The lowest BCUT2D eigenvalue weighted by Crippen LogP contribution is -2.42. The summed E-state index contributed by atoms with van der Waals surface area (Å²) in [7, 11) is 0. The highest BCUT2D eigenvalue weighted by Crippen LogP contribution is 2.28. The molecule has 0 bridgehead atoms. The molecule has 0 aromatic heterocycles. The van der Waals surface area contributed by atoms with Crippen molar-refractivity contribution in [2.75, 3.05) is 19.6 Å². The summed E-state index contributed by atoms with van der Waals surface area (Å²) in [4.78, 5) is 16.3. The highest BCUT2D eigenvalue weighted by Gasteiger charge is 2.30. The fraction of sp³-hybridized carbons (Fsp3) is 0.529. The van der Waals surface area contributed by atoms with E-state index in [-0.39, 0.29) is 42.1 Å². The van der Waals surface area contributed by atoms with Gasteiger partial charge in [0.15, 0.2) is 5.96 Å². The third kappa shape index (κ3) is 8.72. The molecule has 148 valence electrons. The number of aliphatic imine (C=N–C) groups is 1. The van der Waals surface area contributed by atoms with E-state index in [9.17, 15) is 18.0 Å². The van der Waals surface area contributed by atoms with Crippen molar-refractivity contribution in [2.45, 2.75) is 39.4 Å². The first kappa shape index (κ1) is 24.5. The fourth-order valence-corrected chi connectivity index (χ4v) is 1.91. The van der Waals surface area contributed by atoms with Gasteiger partial charge in [-0.15, -0.1) is 24.0 Å². The van der Waals surface area contributed by atoms with Crippen molar-refractivity contribution in [3.8, 4) is 0 Å². The van der Waals surface area contributed by atoms with Crippen LogP contribution in [0.15, 0.2) is 29.3 Å². The quantitative estimate of drug-likeness (QED) is 0.240. The molecule has 9 heteroatoms. The molecule has 0 saturated carbocycles. The van der Waals surface area contributed by atoms with Gasteiger partial charge in [0.05, 0.1) is 12.1 Å².